The van der Waals surface area contributed by atoms with Gasteiger partial charge in [-0.2, -0.15) is 0 Å². The summed E-state index contributed by atoms with van der Waals surface area (Å²) in [7, 11) is 0. The van der Waals surface area contributed by atoms with E-state index in [0.29, 0.717) is 5.56 Å². The highest BCUT2D eigenvalue weighted by atomic mass is 16.6. The van der Waals surface area contributed by atoms with Crippen LogP contribution in [0.25, 0.3) is 0 Å². The van der Waals surface area contributed by atoms with Gasteiger partial charge < -0.3 is 14.9 Å². The smallest absolute Gasteiger partial charge is 0.129 e. The number of pyridine rings is 1. The minimum atomic E-state index is -0.854. The van der Waals surface area contributed by atoms with Crippen molar-refractivity contribution in [2.24, 2.45) is 0 Å². The van der Waals surface area contributed by atoms with Crippen molar-refractivity contribution < 1.29 is 14.9 Å². The summed E-state index contributed by atoms with van der Waals surface area (Å²) in [5, 5.41) is 19.2. The number of epoxide rings is 1. The molecule has 1 fully saturated rings. The van der Waals surface area contributed by atoms with E-state index in [-0.39, 0.29) is 12.2 Å². The highest BCUT2D eigenvalue weighted by molar-refractivity contribution is 5.33. The van der Waals surface area contributed by atoms with E-state index in [9.17, 15) is 10.2 Å². The lowest BCUT2D eigenvalue weighted by Crippen LogP contribution is -2.29. The first-order chi connectivity index (χ1) is 6.29. The maximum Gasteiger partial charge on any atom is 0.129 e. The Kier molecular flexibility index (Phi) is 1.31. The van der Waals surface area contributed by atoms with Gasteiger partial charge in [0.1, 0.15) is 24.4 Å². The van der Waals surface area contributed by atoms with Crippen LogP contribution in [0.4, 0.5) is 0 Å². The van der Waals surface area contributed by atoms with Gasteiger partial charge >= 0.3 is 0 Å². The van der Waals surface area contributed by atoms with E-state index in [0.717, 1.165) is 5.69 Å². The minimum absolute atomic E-state index is 0.102. The van der Waals surface area contributed by atoms with Crippen LogP contribution in [0.15, 0.2) is 18.3 Å². The van der Waals surface area contributed by atoms with Crippen LogP contribution in [-0.4, -0.2) is 27.4 Å². The number of aliphatic hydroxyl groups is 2. The molecule has 1 saturated heterocycles. The van der Waals surface area contributed by atoms with Gasteiger partial charge in [0, 0.05) is 11.8 Å². The lowest BCUT2D eigenvalue weighted by molar-refractivity contribution is -0.000302. The second kappa shape index (κ2) is 2.29. The number of aliphatic hydroxyl groups excluding tert-OH is 2. The predicted octanol–water partition coefficient (Wildman–Crippen LogP) is -0.0706. The first-order valence-electron chi connectivity index (χ1n) is 4.25. The lowest BCUT2D eigenvalue weighted by Gasteiger charge is -2.21. The standard InChI is InChI=1S/C9H9NO3/c11-6-4-2-1-3-10-5(4)8-9(13-8)7(6)12/h1-3,6-9,11-12H/t6-,7+,8+,9-/m1/s1. The van der Waals surface area contributed by atoms with Crippen LogP contribution in [0.1, 0.15) is 23.5 Å². The molecule has 0 spiro atoms. The van der Waals surface area contributed by atoms with Crippen molar-refractivity contribution >= 4 is 0 Å². The Morgan fingerprint density at radius 2 is 2.23 bits per heavy atom. The molecule has 1 aromatic rings. The molecule has 68 valence electrons. The molecule has 2 heterocycles. The molecule has 0 radical (unpaired) electrons. The lowest BCUT2D eigenvalue weighted by atomic mass is 9.91. The second-order valence-electron chi connectivity index (χ2n) is 3.43. The number of nitrogens with zero attached hydrogens (tertiary/aromatic N) is 1. The van der Waals surface area contributed by atoms with Crippen LogP contribution >= 0.6 is 0 Å². The molecular weight excluding hydrogens is 170 g/mol. The molecule has 2 aliphatic rings. The number of hydrogen-bond donors (Lipinski definition) is 2. The molecule has 13 heavy (non-hydrogen) atoms. The van der Waals surface area contributed by atoms with E-state index in [1.165, 1.54) is 0 Å². The number of fused-ring (bicyclic) bond motifs is 3. The van der Waals surface area contributed by atoms with Gasteiger partial charge in [-0.25, -0.2) is 0 Å². The maximum atomic E-state index is 9.66. The molecule has 2 N–H and O–H groups in total. The van der Waals surface area contributed by atoms with Gasteiger partial charge in [-0.05, 0) is 6.07 Å². The van der Waals surface area contributed by atoms with Gasteiger partial charge in [-0.15, -0.1) is 0 Å². The Balaban J connectivity index is 2.14. The Bertz CT molecular complexity index is 354. The van der Waals surface area contributed by atoms with Crippen molar-refractivity contribution in [2.75, 3.05) is 0 Å². The molecule has 0 unspecified atom stereocenters. The fraction of sp³-hybridized carbons (Fsp3) is 0.444. The fourth-order valence-corrected chi connectivity index (χ4v) is 1.88. The molecule has 4 atom stereocenters. The second-order valence-corrected chi connectivity index (χ2v) is 3.43. The molecule has 0 aromatic carbocycles. The molecular formula is C9H9NO3. The third kappa shape index (κ3) is 0.877. The van der Waals surface area contributed by atoms with Crippen LogP contribution in [0, 0.1) is 0 Å². The van der Waals surface area contributed by atoms with Gasteiger partial charge in [0.25, 0.3) is 0 Å². The summed E-state index contributed by atoms with van der Waals surface area (Å²) in [5.74, 6) is 0. The number of rotatable bonds is 0. The zero-order valence-corrected chi connectivity index (χ0v) is 6.79. The summed E-state index contributed by atoms with van der Waals surface area (Å²) in [6, 6.07) is 3.52. The van der Waals surface area contributed by atoms with E-state index < -0.39 is 12.2 Å². The molecule has 0 saturated carbocycles. The van der Waals surface area contributed by atoms with Crippen molar-refractivity contribution in [3.8, 4) is 0 Å². The van der Waals surface area contributed by atoms with Gasteiger partial charge in [-0.1, -0.05) is 6.07 Å². The van der Waals surface area contributed by atoms with Crippen LogP contribution in [0.5, 0.6) is 0 Å². The Labute approximate surface area is 74.8 Å². The molecule has 0 amide bonds. The number of hydrogen-bond acceptors (Lipinski definition) is 4. The van der Waals surface area contributed by atoms with E-state index in [2.05, 4.69) is 4.98 Å². The Morgan fingerprint density at radius 3 is 3.08 bits per heavy atom. The predicted molar refractivity (Wildman–Crippen MR) is 42.8 cm³/mol. The largest absolute Gasteiger partial charge is 0.387 e. The molecule has 3 rings (SSSR count). The molecule has 1 aromatic heterocycles. The van der Waals surface area contributed by atoms with Crippen molar-refractivity contribution in [3.05, 3.63) is 29.6 Å². The average molecular weight is 179 g/mol. The molecule has 4 nitrogen and oxygen atoms in total. The molecule has 0 bridgehead atoms. The quantitative estimate of drug-likeness (QED) is 0.547. The monoisotopic (exact) mass is 179 g/mol. The number of aromatic nitrogens is 1. The van der Waals surface area contributed by atoms with Crippen LogP contribution in [0.3, 0.4) is 0 Å². The Hall–Kier alpha value is -0.970. The molecule has 1 aliphatic carbocycles. The van der Waals surface area contributed by atoms with Gasteiger partial charge in [0.05, 0.1) is 5.69 Å². The van der Waals surface area contributed by atoms with E-state index in [4.69, 9.17) is 4.74 Å². The zero-order valence-electron chi connectivity index (χ0n) is 6.79. The average Bonchev–Trinajstić information content (AvgIpc) is 2.94. The summed E-state index contributed by atoms with van der Waals surface area (Å²) < 4.78 is 5.21. The first-order valence-corrected chi connectivity index (χ1v) is 4.25. The highest BCUT2D eigenvalue weighted by Gasteiger charge is 2.54. The number of ether oxygens (including phenoxy) is 1. The van der Waals surface area contributed by atoms with Gasteiger partial charge in [-0.3, -0.25) is 4.98 Å². The van der Waals surface area contributed by atoms with Crippen molar-refractivity contribution in [1.82, 2.24) is 4.98 Å². The van der Waals surface area contributed by atoms with Crippen molar-refractivity contribution in [1.29, 1.82) is 0 Å². The maximum absolute atomic E-state index is 9.66. The summed E-state index contributed by atoms with van der Waals surface area (Å²) in [4.78, 5) is 4.13. The minimum Gasteiger partial charge on any atom is -0.387 e. The van der Waals surface area contributed by atoms with Crippen molar-refractivity contribution in [2.45, 2.75) is 24.4 Å². The summed E-state index contributed by atoms with van der Waals surface area (Å²) in [6.07, 6.45) is -0.344. The normalized spacial score (nSPS) is 40.8. The topological polar surface area (TPSA) is 65.9 Å². The molecule has 4 heteroatoms. The zero-order chi connectivity index (χ0) is 9.00. The van der Waals surface area contributed by atoms with Crippen LogP contribution < -0.4 is 0 Å². The third-order valence-corrected chi connectivity index (χ3v) is 2.65. The summed E-state index contributed by atoms with van der Waals surface area (Å²) in [5.41, 5.74) is 1.46. The third-order valence-electron chi connectivity index (χ3n) is 2.65. The van der Waals surface area contributed by atoms with Gasteiger partial charge in [0.2, 0.25) is 0 Å². The fourth-order valence-electron chi connectivity index (χ4n) is 1.88. The van der Waals surface area contributed by atoms with Crippen molar-refractivity contribution in [3.63, 3.8) is 0 Å². The molecule has 1 aliphatic heterocycles. The van der Waals surface area contributed by atoms with Crippen LogP contribution in [-0.2, 0) is 4.74 Å². The Morgan fingerprint density at radius 1 is 1.38 bits per heavy atom. The SMILES string of the molecule is O[C@@H]1[C@H]2O[C@H]2c2ncccc2[C@H]1O. The van der Waals surface area contributed by atoms with E-state index in [1.54, 1.807) is 18.3 Å². The summed E-state index contributed by atoms with van der Waals surface area (Å²) >= 11 is 0. The van der Waals surface area contributed by atoms with E-state index in [1.807, 2.05) is 0 Å². The highest BCUT2D eigenvalue weighted by Crippen LogP contribution is 2.49. The van der Waals surface area contributed by atoms with E-state index >= 15 is 0 Å². The van der Waals surface area contributed by atoms with Crippen LogP contribution in [0.2, 0.25) is 0 Å². The first kappa shape index (κ1) is 7.44. The van der Waals surface area contributed by atoms with Gasteiger partial charge in [0.15, 0.2) is 0 Å². The summed E-state index contributed by atoms with van der Waals surface area (Å²) in [6.45, 7) is 0.